The standard InChI is InChI=1S/C18H26N4O5S2/c1-14(2)12-27-15-4-6-17(7-5-15)29(25,26)22-10-8-16(9-11-22)28(23,24)18-20-19-13-21(18)3/h4-7,13-14,16H,8-12H2,1-3H3. The molecule has 0 atom stereocenters. The minimum absolute atomic E-state index is 0.0872. The van der Waals surface area contributed by atoms with Gasteiger partial charge in [-0.1, -0.05) is 13.8 Å². The molecule has 29 heavy (non-hydrogen) atoms. The van der Waals surface area contributed by atoms with Crippen molar-refractivity contribution in [2.24, 2.45) is 13.0 Å². The molecule has 1 saturated heterocycles. The number of ether oxygens (including phenoxy) is 1. The molecule has 0 amide bonds. The molecule has 1 aromatic heterocycles. The summed E-state index contributed by atoms with van der Waals surface area (Å²) in [5.41, 5.74) is 0. The molecule has 0 bridgehead atoms. The molecule has 11 heteroatoms. The van der Waals surface area contributed by atoms with Gasteiger partial charge in [-0.3, -0.25) is 0 Å². The van der Waals surface area contributed by atoms with E-state index in [1.807, 2.05) is 13.8 Å². The van der Waals surface area contributed by atoms with E-state index in [9.17, 15) is 16.8 Å². The van der Waals surface area contributed by atoms with E-state index in [0.29, 0.717) is 18.3 Å². The molecule has 0 N–H and O–H groups in total. The van der Waals surface area contributed by atoms with Crippen molar-refractivity contribution < 1.29 is 21.6 Å². The lowest BCUT2D eigenvalue weighted by atomic mass is 10.2. The average Bonchev–Trinajstić information content (AvgIpc) is 3.13. The molecule has 2 heterocycles. The van der Waals surface area contributed by atoms with E-state index in [1.165, 1.54) is 27.3 Å². The molecular weight excluding hydrogens is 416 g/mol. The quantitative estimate of drug-likeness (QED) is 0.638. The first kappa shape index (κ1) is 21.7. The third-order valence-electron chi connectivity index (χ3n) is 4.81. The Kier molecular flexibility index (Phi) is 6.30. The van der Waals surface area contributed by atoms with Crippen LogP contribution in [0.4, 0.5) is 0 Å². The second kappa shape index (κ2) is 8.41. The van der Waals surface area contributed by atoms with Crippen molar-refractivity contribution in [2.75, 3.05) is 19.7 Å². The van der Waals surface area contributed by atoms with E-state index in [0.717, 1.165) is 0 Å². The molecule has 1 aliphatic heterocycles. The minimum atomic E-state index is -3.69. The van der Waals surface area contributed by atoms with E-state index in [4.69, 9.17) is 4.74 Å². The zero-order valence-corrected chi connectivity index (χ0v) is 18.4. The van der Waals surface area contributed by atoms with Gasteiger partial charge in [-0.15, -0.1) is 10.2 Å². The van der Waals surface area contributed by atoms with E-state index in [2.05, 4.69) is 10.2 Å². The van der Waals surface area contributed by atoms with Crippen molar-refractivity contribution in [3.8, 4) is 5.75 Å². The Morgan fingerprint density at radius 3 is 2.24 bits per heavy atom. The number of hydrogen-bond acceptors (Lipinski definition) is 7. The Balaban J connectivity index is 1.67. The van der Waals surface area contributed by atoms with Gasteiger partial charge in [0.25, 0.3) is 0 Å². The average molecular weight is 443 g/mol. The first-order valence-corrected chi connectivity index (χ1v) is 12.4. The zero-order chi connectivity index (χ0) is 21.2. The van der Waals surface area contributed by atoms with Gasteiger partial charge in [0.05, 0.1) is 16.8 Å². The highest BCUT2D eigenvalue weighted by molar-refractivity contribution is 7.92. The van der Waals surface area contributed by atoms with Crippen LogP contribution in [0.15, 0.2) is 40.6 Å². The Morgan fingerprint density at radius 1 is 1.10 bits per heavy atom. The zero-order valence-electron chi connectivity index (χ0n) is 16.7. The van der Waals surface area contributed by atoms with Crippen LogP contribution in [0.5, 0.6) is 5.75 Å². The summed E-state index contributed by atoms with van der Waals surface area (Å²) in [6.07, 6.45) is 1.76. The highest BCUT2D eigenvalue weighted by Gasteiger charge is 2.37. The normalized spacial score (nSPS) is 17.0. The number of piperidine rings is 1. The molecule has 2 aromatic rings. The van der Waals surface area contributed by atoms with Gasteiger partial charge in [0.1, 0.15) is 12.1 Å². The van der Waals surface area contributed by atoms with Gasteiger partial charge in [0, 0.05) is 20.1 Å². The second-order valence-electron chi connectivity index (χ2n) is 7.55. The molecule has 3 rings (SSSR count). The summed E-state index contributed by atoms with van der Waals surface area (Å²) < 4.78 is 59.6. The summed E-state index contributed by atoms with van der Waals surface area (Å²) in [5.74, 6) is 0.989. The molecule has 1 fully saturated rings. The topological polar surface area (TPSA) is 111 Å². The third-order valence-corrected chi connectivity index (χ3v) is 8.95. The van der Waals surface area contributed by atoms with Crippen molar-refractivity contribution in [3.05, 3.63) is 30.6 Å². The van der Waals surface area contributed by atoms with E-state index in [1.54, 1.807) is 19.2 Å². The second-order valence-corrected chi connectivity index (χ2v) is 11.6. The van der Waals surface area contributed by atoms with Crippen LogP contribution >= 0.6 is 0 Å². The fourth-order valence-electron chi connectivity index (χ4n) is 3.18. The summed E-state index contributed by atoms with van der Waals surface area (Å²) in [7, 11) is -5.77. The van der Waals surface area contributed by atoms with Gasteiger partial charge in [-0.25, -0.2) is 16.8 Å². The van der Waals surface area contributed by atoms with Gasteiger partial charge in [-0.05, 0) is 43.0 Å². The van der Waals surface area contributed by atoms with E-state index in [-0.39, 0.29) is 36.0 Å². The fourth-order valence-corrected chi connectivity index (χ4v) is 6.39. The molecule has 0 radical (unpaired) electrons. The van der Waals surface area contributed by atoms with Crippen LogP contribution in [-0.2, 0) is 26.9 Å². The molecule has 9 nitrogen and oxygen atoms in total. The van der Waals surface area contributed by atoms with Crippen LogP contribution in [0.25, 0.3) is 0 Å². The number of sulfone groups is 1. The maximum Gasteiger partial charge on any atom is 0.249 e. The summed E-state index contributed by atoms with van der Waals surface area (Å²) in [6.45, 7) is 4.89. The van der Waals surface area contributed by atoms with Gasteiger partial charge in [-0.2, -0.15) is 4.31 Å². The van der Waals surface area contributed by atoms with E-state index < -0.39 is 25.1 Å². The molecule has 0 aliphatic carbocycles. The molecule has 0 unspecified atom stereocenters. The Bertz CT molecular complexity index is 1040. The van der Waals surface area contributed by atoms with Gasteiger partial charge >= 0.3 is 0 Å². The largest absolute Gasteiger partial charge is 0.493 e. The number of benzene rings is 1. The Labute approximate surface area is 171 Å². The number of hydrogen-bond donors (Lipinski definition) is 0. The van der Waals surface area contributed by atoms with Crippen LogP contribution in [0.2, 0.25) is 0 Å². The number of aromatic nitrogens is 3. The summed E-state index contributed by atoms with van der Waals surface area (Å²) in [6, 6.07) is 6.32. The van der Waals surface area contributed by atoms with Crippen molar-refractivity contribution in [2.45, 2.75) is 42.0 Å². The van der Waals surface area contributed by atoms with Crippen molar-refractivity contribution in [1.29, 1.82) is 0 Å². The third kappa shape index (κ3) is 4.62. The Morgan fingerprint density at radius 2 is 1.72 bits per heavy atom. The van der Waals surface area contributed by atoms with Gasteiger partial charge in [0.2, 0.25) is 25.0 Å². The SMILES string of the molecule is CC(C)COc1ccc(S(=O)(=O)N2CCC(S(=O)(=O)c3nncn3C)CC2)cc1. The van der Waals surface area contributed by atoms with Crippen molar-refractivity contribution in [1.82, 2.24) is 19.1 Å². The number of aryl methyl sites for hydroxylation is 1. The van der Waals surface area contributed by atoms with E-state index >= 15 is 0 Å². The monoisotopic (exact) mass is 442 g/mol. The molecule has 0 saturated carbocycles. The number of sulfonamides is 1. The van der Waals surface area contributed by atoms with Gasteiger partial charge < -0.3 is 9.30 Å². The number of nitrogens with zero attached hydrogens (tertiary/aromatic N) is 4. The smallest absolute Gasteiger partial charge is 0.249 e. The van der Waals surface area contributed by atoms with Crippen LogP contribution in [0.3, 0.4) is 0 Å². The van der Waals surface area contributed by atoms with Crippen LogP contribution in [0.1, 0.15) is 26.7 Å². The molecular formula is C18H26N4O5S2. The molecule has 1 aromatic carbocycles. The van der Waals surface area contributed by atoms with Crippen molar-refractivity contribution in [3.63, 3.8) is 0 Å². The van der Waals surface area contributed by atoms with Crippen molar-refractivity contribution >= 4 is 19.9 Å². The maximum atomic E-state index is 12.9. The number of rotatable bonds is 7. The summed E-state index contributed by atoms with van der Waals surface area (Å²) >= 11 is 0. The fraction of sp³-hybridized carbons (Fsp3) is 0.556. The summed E-state index contributed by atoms with van der Waals surface area (Å²) in [5, 5.41) is 6.55. The predicted molar refractivity (Wildman–Crippen MR) is 107 cm³/mol. The first-order valence-electron chi connectivity index (χ1n) is 9.43. The van der Waals surface area contributed by atoms with Crippen LogP contribution in [-0.4, -0.2) is 60.9 Å². The highest BCUT2D eigenvalue weighted by Crippen LogP contribution is 2.27. The highest BCUT2D eigenvalue weighted by atomic mass is 32.2. The predicted octanol–water partition coefficient (Wildman–Crippen LogP) is 1.48. The molecule has 0 spiro atoms. The maximum absolute atomic E-state index is 12.9. The molecule has 1 aliphatic rings. The lowest BCUT2D eigenvalue weighted by Crippen LogP contribution is -2.42. The lowest BCUT2D eigenvalue weighted by molar-refractivity contribution is 0.271. The molecule has 160 valence electrons. The lowest BCUT2D eigenvalue weighted by Gasteiger charge is -2.30. The first-order chi connectivity index (χ1) is 13.6. The minimum Gasteiger partial charge on any atom is -0.493 e. The van der Waals surface area contributed by atoms with Crippen LogP contribution < -0.4 is 4.74 Å². The van der Waals surface area contributed by atoms with Gasteiger partial charge in [0.15, 0.2) is 0 Å². The van der Waals surface area contributed by atoms with Crippen LogP contribution in [0, 0.1) is 5.92 Å². The Hall–Kier alpha value is -1.98. The summed E-state index contributed by atoms with van der Waals surface area (Å²) in [4.78, 5) is 0.170.